The van der Waals surface area contributed by atoms with Gasteiger partial charge in [0.2, 0.25) is 0 Å². The summed E-state index contributed by atoms with van der Waals surface area (Å²) in [5, 5.41) is 16.7. The van der Waals surface area contributed by atoms with E-state index >= 15 is 0 Å². The maximum absolute atomic E-state index is 11.0. The molecule has 15 heavy (non-hydrogen) atoms. The molecule has 1 heterocycles. The van der Waals surface area contributed by atoms with Crippen LogP contribution in [-0.4, -0.2) is 26.1 Å². The molecule has 5 nitrogen and oxygen atoms in total. The third-order valence-corrected chi connectivity index (χ3v) is 3.01. The Kier molecular flexibility index (Phi) is 2.70. The summed E-state index contributed by atoms with van der Waals surface area (Å²) in [6.07, 6.45) is 4.86. The van der Waals surface area contributed by atoms with Crippen molar-refractivity contribution in [3.05, 3.63) is 11.4 Å². The Hall–Kier alpha value is -1.39. The van der Waals surface area contributed by atoms with Crippen molar-refractivity contribution in [3.63, 3.8) is 0 Å². The molecule has 0 unspecified atom stereocenters. The van der Waals surface area contributed by atoms with Crippen LogP contribution in [0.5, 0.6) is 0 Å². The van der Waals surface area contributed by atoms with E-state index in [0.717, 1.165) is 0 Å². The minimum atomic E-state index is -0.935. The second kappa shape index (κ2) is 4.00. The molecule has 0 aliphatic heterocycles. The molecule has 0 radical (unpaired) electrons. The van der Waals surface area contributed by atoms with E-state index in [0.29, 0.717) is 18.2 Å². The number of aromatic carboxylic acids is 1. The fourth-order valence-electron chi connectivity index (χ4n) is 2.23. The van der Waals surface area contributed by atoms with Crippen LogP contribution in [0.2, 0.25) is 0 Å². The summed E-state index contributed by atoms with van der Waals surface area (Å²) in [5.41, 5.74) is 0.738. The number of aryl methyl sites for hydroxylation is 1. The van der Waals surface area contributed by atoms with Crippen molar-refractivity contribution in [2.45, 2.75) is 39.2 Å². The molecule has 0 amide bonds. The standard InChI is InChI=1S/C10H15N3O2/c1-7-9(10(14)15)13(12-11-7)6-8-4-2-3-5-8/h8H,2-6H2,1H3,(H,14,15). The monoisotopic (exact) mass is 209 g/mol. The molecule has 1 aliphatic rings. The Bertz CT molecular complexity index is 367. The van der Waals surface area contributed by atoms with Crippen LogP contribution in [-0.2, 0) is 6.54 Å². The zero-order valence-corrected chi connectivity index (χ0v) is 8.81. The lowest BCUT2D eigenvalue weighted by molar-refractivity contribution is 0.0681. The Morgan fingerprint density at radius 1 is 1.53 bits per heavy atom. The predicted octanol–water partition coefficient (Wildman–Crippen LogP) is 1.47. The van der Waals surface area contributed by atoms with Gasteiger partial charge in [0.1, 0.15) is 0 Å². The molecule has 1 aromatic heterocycles. The second-order valence-corrected chi connectivity index (χ2v) is 4.16. The normalized spacial score (nSPS) is 17.1. The SMILES string of the molecule is Cc1nnn(CC2CCCC2)c1C(=O)O. The first-order valence-corrected chi connectivity index (χ1v) is 5.32. The van der Waals surface area contributed by atoms with Crippen LogP contribution in [0.15, 0.2) is 0 Å². The largest absolute Gasteiger partial charge is 0.476 e. The van der Waals surface area contributed by atoms with E-state index in [1.807, 2.05) is 0 Å². The van der Waals surface area contributed by atoms with E-state index in [2.05, 4.69) is 10.3 Å². The van der Waals surface area contributed by atoms with Gasteiger partial charge >= 0.3 is 5.97 Å². The maximum Gasteiger partial charge on any atom is 0.356 e. The number of hydrogen-bond acceptors (Lipinski definition) is 3. The summed E-state index contributed by atoms with van der Waals surface area (Å²) < 4.78 is 1.54. The molecule has 82 valence electrons. The molecule has 1 saturated carbocycles. The van der Waals surface area contributed by atoms with Crippen LogP contribution >= 0.6 is 0 Å². The summed E-state index contributed by atoms with van der Waals surface area (Å²) in [5.74, 6) is -0.361. The van der Waals surface area contributed by atoms with Crippen LogP contribution in [0.1, 0.15) is 41.9 Å². The zero-order chi connectivity index (χ0) is 10.8. The summed E-state index contributed by atoms with van der Waals surface area (Å²) in [4.78, 5) is 11.0. The number of nitrogens with zero attached hydrogens (tertiary/aromatic N) is 3. The van der Waals surface area contributed by atoms with Gasteiger partial charge in [-0.25, -0.2) is 9.48 Å². The molecule has 1 aliphatic carbocycles. The highest BCUT2D eigenvalue weighted by atomic mass is 16.4. The van der Waals surface area contributed by atoms with E-state index in [1.54, 1.807) is 6.92 Å². The van der Waals surface area contributed by atoms with E-state index in [9.17, 15) is 4.79 Å². The van der Waals surface area contributed by atoms with Crippen molar-refractivity contribution in [2.24, 2.45) is 5.92 Å². The van der Waals surface area contributed by atoms with Gasteiger partial charge in [-0.05, 0) is 25.7 Å². The van der Waals surface area contributed by atoms with Gasteiger partial charge in [-0.3, -0.25) is 0 Å². The lowest BCUT2D eigenvalue weighted by atomic mass is 10.1. The highest BCUT2D eigenvalue weighted by Gasteiger charge is 2.21. The van der Waals surface area contributed by atoms with Gasteiger partial charge in [0.05, 0.1) is 5.69 Å². The van der Waals surface area contributed by atoms with E-state index in [-0.39, 0.29) is 5.69 Å². The van der Waals surface area contributed by atoms with E-state index in [4.69, 9.17) is 5.11 Å². The third kappa shape index (κ3) is 2.00. The minimum absolute atomic E-state index is 0.238. The Morgan fingerprint density at radius 2 is 2.20 bits per heavy atom. The predicted molar refractivity (Wildman–Crippen MR) is 53.7 cm³/mol. The van der Waals surface area contributed by atoms with Crippen LogP contribution in [0.25, 0.3) is 0 Å². The van der Waals surface area contributed by atoms with Gasteiger partial charge in [-0.2, -0.15) is 0 Å². The molecule has 0 aromatic carbocycles. The molecule has 0 spiro atoms. The van der Waals surface area contributed by atoms with Crippen molar-refractivity contribution >= 4 is 5.97 Å². The van der Waals surface area contributed by atoms with Crippen LogP contribution < -0.4 is 0 Å². The first-order valence-electron chi connectivity index (χ1n) is 5.32. The molecule has 1 fully saturated rings. The lowest BCUT2D eigenvalue weighted by Crippen LogP contribution is -2.15. The number of carbonyl (C=O) groups is 1. The van der Waals surface area contributed by atoms with Gasteiger partial charge in [-0.1, -0.05) is 18.1 Å². The van der Waals surface area contributed by atoms with Crippen molar-refractivity contribution in [1.29, 1.82) is 0 Å². The number of carboxylic acids is 1. The van der Waals surface area contributed by atoms with Crippen molar-refractivity contribution < 1.29 is 9.90 Å². The van der Waals surface area contributed by atoms with Gasteiger partial charge in [0, 0.05) is 6.54 Å². The topological polar surface area (TPSA) is 68.0 Å². The van der Waals surface area contributed by atoms with E-state index in [1.165, 1.54) is 30.4 Å². The van der Waals surface area contributed by atoms with Crippen LogP contribution in [0.4, 0.5) is 0 Å². The number of hydrogen-bond donors (Lipinski definition) is 1. The molecular formula is C10H15N3O2. The number of aromatic nitrogens is 3. The van der Waals surface area contributed by atoms with E-state index < -0.39 is 5.97 Å². The molecule has 0 atom stereocenters. The Morgan fingerprint density at radius 3 is 2.80 bits per heavy atom. The van der Waals surface area contributed by atoms with Crippen molar-refractivity contribution in [1.82, 2.24) is 15.0 Å². The maximum atomic E-state index is 11.0. The van der Waals surface area contributed by atoms with Gasteiger partial charge in [0.15, 0.2) is 5.69 Å². The number of carboxylic acid groups (broad SMARTS) is 1. The molecule has 1 N–H and O–H groups in total. The molecule has 5 heteroatoms. The van der Waals surface area contributed by atoms with Gasteiger partial charge in [0.25, 0.3) is 0 Å². The first kappa shape index (κ1) is 10.1. The molecule has 0 saturated heterocycles. The highest BCUT2D eigenvalue weighted by Crippen LogP contribution is 2.26. The summed E-state index contributed by atoms with van der Waals surface area (Å²) in [6, 6.07) is 0. The average Bonchev–Trinajstić information content (AvgIpc) is 2.76. The minimum Gasteiger partial charge on any atom is -0.476 e. The van der Waals surface area contributed by atoms with Gasteiger partial charge in [-0.15, -0.1) is 5.10 Å². The summed E-state index contributed by atoms with van der Waals surface area (Å²) in [6.45, 7) is 2.38. The summed E-state index contributed by atoms with van der Waals surface area (Å²) >= 11 is 0. The van der Waals surface area contributed by atoms with Crippen LogP contribution in [0.3, 0.4) is 0 Å². The quantitative estimate of drug-likeness (QED) is 0.818. The zero-order valence-electron chi connectivity index (χ0n) is 8.81. The second-order valence-electron chi connectivity index (χ2n) is 4.16. The fourth-order valence-corrected chi connectivity index (χ4v) is 2.23. The fraction of sp³-hybridized carbons (Fsp3) is 0.700. The number of rotatable bonds is 3. The molecule has 1 aromatic rings. The highest BCUT2D eigenvalue weighted by molar-refractivity contribution is 5.86. The molecule has 2 rings (SSSR count). The third-order valence-electron chi connectivity index (χ3n) is 3.01. The molecule has 0 bridgehead atoms. The smallest absolute Gasteiger partial charge is 0.356 e. The van der Waals surface area contributed by atoms with Crippen molar-refractivity contribution in [3.8, 4) is 0 Å². The lowest BCUT2D eigenvalue weighted by Gasteiger charge is -2.09. The summed E-state index contributed by atoms with van der Waals surface area (Å²) in [7, 11) is 0. The Labute approximate surface area is 88.1 Å². The van der Waals surface area contributed by atoms with Crippen molar-refractivity contribution in [2.75, 3.05) is 0 Å². The average molecular weight is 209 g/mol. The molecular weight excluding hydrogens is 194 g/mol. The Balaban J connectivity index is 2.16. The van der Waals surface area contributed by atoms with Crippen LogP contribution in [0, 0.1) is 12.8 Å². The first-order chi connectivity index (χ1) is 7.18. The van der Waals surface area contributed by atoms with Gasteiger partial charge < -0.3 is 5.11 Å².